The molecule has 1 rings (SSSR count). The molecule has 48 valence electrons. The first kappa shape index (κ1) is 7.63. The van der Waals surface area contributed by atoms with E-state index in [0.717, 1.165) is 19.6 Å². The Morgan fingerprint density at radius 2 is 2.25 bits per heavy atom. The maximum Gasteiger partial charge on any atom is 0.0880 e. The first-order chi connectivity index (χ1) is 4.00. The van der Waals surface area contributed by atoms with Gasteiger partial charge in [0.1, 0.15) is 0 Å². The summed E-state index contributed by atoms with van der Waals surface area (Å²) in [6.45, 7) is 5.92. The standard InChI is InChI=1S/C4H8N2.C2H6/c1-2-5-4-6-3-1;1-2/h2,6H,1,3-4H2;1-2H3. The van der Waals surface area contributed by atoms with Gasteiger partial charge in [-0.2, -0.15) is 0 Å². The highest BCUT2D eigenvalue weighted by Crippen LogP contribution is 1.76. The Hall–Kier alpha value is -0.370. The topological polar surface area (TPSA) is 24.4 Å². The zero-order valence-electron chi connectivity index (χ0n) is 5.65. The summed E-state index contributed by atoms with van der Waals surface area (Å²) in [4.78, 5) is 3.94. The summed E-state index contributed by atoms with van der Waals surface area (Å²) in [5, 5.41) is 3.09. The summed E-state index contributed by atoms with van der Waals surface area (Å²) in [5.41, 5.74) is 0. The molecule has 0 aromatic carbocycles. The van der Waals surface area contributed by atoms with E-state index < -0.39 is 0 Å². The van der Waals surface area contributed by atoms with Gasteiger partial charge in [0.15, 0.2) is 0 Å². The van der Waals surface area contributed by atoms with Crippen molar-refractivity contribution < 1.29 is 0 Å². The van der Waals surface area contributed by atoms with Crippen molar-refractivity contribution in [3.05, 3.63) is 0 Å². The van der Waals surface area contributed by atoms with Gasteiger partial charge in [-0.15, -0.1) is 0 Å². The first-order valence-corrected chi connectivity index (χ1v) is 3.19. The smallest absolute Gasteiger partial charge is 0.0880 e. The van der Waals surface area contributed by atoms with Crippen LogP contribution in [0.2, 0.25) is 0 Å². The van der Waals surface area contributed by atoms with Crippen molar-refractivity contribution in [1.82, 2.24) is 5.32 Å². The van der Waals surface area contributed by atoms with Crippen LogP contribution in [-0.2, 0) is 0 Å². The lowest BCUT2D eigenvalue weighted by molar-refractivity contribution is 0.699. The Labute approximate surface area is 51.0 Å². The molecule has 2 nitrogen and oxygen atoms in total. The molecule has 0 aromatic heterocycles. The molecule has 0 fully saturated rings. The van der Waals surface area contributed by atoms with Gasteiger partial charge >= 0.3 is 0 Å². The summed E-state index contributed by atoms with van der Waals surface area (Å²) in [7, 11) is 0. The zero-order valence-corrected chi connectivity index (χ0v) is 5.65. The molecule has 0 saturated carbocycles. The molecule has 0 unspecified atom stereocenters. The van der Waals surface area contributed by atoms with Crippen molar-refractivity contribution in [2.45, 2.75) is 20.3 Å². The van der Waals surface area contributed by atoms with Gasteiger partial charge in [0.05, 0.1) is 6.67 Å². The molecular weight excluding hydrogens is 100 g/mol. The largest absolute Gasteiger partial charge is 0.298 e. The van der Waals surface area contributed by atoms with E-state index in [-0.39, 0.29) is 0 Å². The average molecular weight is 114 g/mol. The maximum absolute atomic E-state index is 3.94. The quantitative estimate of drug-likeness (QED) is 0.500. The number of aliphatic imine (C=N–C) groups is 1. The third kappa shape index (κ3) is 3.81. The molecule has 1 aliphatic rings. The lowest BCUT2D eigenvalue weighted by Crippen LogP contribution is -2.19. The predicted octanol–water partition coefficient (Wildman–Crippen LogP) is 1.03. The Kier molecular flexibility index (Phi) is 6.32. The molecule has 1 N–H and O–H groups in total. The van der Waals surface area contributed by atoms with Crippen LogP contribution in [0.25, 0.3) is 0 Å². The molecule has 0 bridgehead atoms. The van der Waals surface area contributed by atoms with Crippen LogP contribution in [-0.4, -0.2) is 19.4 Å². The zero-order chi connectivity index (χ0) is 6.24. The first-order valence-electron chi connectivity index (χ1n) is 3.19. The van der Waals surface area contributed by atoms with E-state index in [2.05, 4.69) is 10.3 Å². The van der Waals surface area contributed by atoms with E-state index in [1.54, 1.807) is 0 Å². The molecule has 0 aliphatic carbocycles. The van der Waals surface area contributed by atoms with Gasteiger partial charge in [-0.05, 0) is 6.42 Å². The van der Waals surface area contributed by atoms with E-state index >= 15 is 0 Å². The van der Waals surface area contributed by atoms with Gasteiger partial charge in [0, 0.05) is 12.8 Å². The summed E-state index contributed by atoms with van der Waals surface area (Å²) < 4.78 is 0. The Bertz CT molecular complexity index is 51.5. The Morgan fingerprint density at radius 1 is 1.50 bits per heavy atom. The van der Waals surface area contributed by atoms with Crippen molar-refractivity contribution in [2.24, 2.45) is 4.99 Å². The van der Waals surface area contributed by atoms with Gasteiger partial charge in [-0.25, -0.2) is 0 Å². The third-order valence-electron chi connectivity index (χ3n) is 0.782. The van der Waals surface area contributed by atoms with Crippen molar-refractivity contribution in [1.29, 1.82) is 0 Å². The summed E-state index contributed by atoms with van der Waals surface area (Å²) in [6.07, 6.45) is 3.05. The fourth-order valence-electron chi connectivity index (χ4n) is 0.466. The average Bonchev–Trinajstić information content (AvgIpc) is 1.96. The molecule has 1 heterocycles. The SMILES string of the molecule is C1=NCNCC1.CC. The molecule has 0 spiro atoms. The van der Waals surface area contributed by atoms with E-state index in [4.69, 9.17) is 0 Å². The van der Waals surface area contributed by atoms with Gasteiger partial charge in [-0.1, -0.05) is 13.8 Å². The molecule has 0 saturated heterocycles. The van der Waals surface area contributed by atoms with Gasteiger partial charge in [-0.3, -0.25) is 10.3 Å². The highest BCUT2D eigenvalue weighted by Gasteiger charge is 1.85. The number of rotatable bonds is 0. The Balaban J connectivity index is 0.000000222. The molecule has 0 radical (unpaired) electrons. The van der Waals surface area contributed by atoms with E-state index in [0.29, 0.717) is 0 Å². The number of nitrogens with one attached hydrogen (secondary N) is 1. The predicted molar refractivity (Wildman–Crippen MR) is 37.3 cm³/mol. The fraction of sp³-hybridized carbons (Fsp3) is 0.833. The second-order valence-corrected chi connectivity index (χ2v) is 1.31. The van der Waals surface area contributed by atoms with Crippen LogP contribution in [0.1, 0.15) is 20.3 Å². The van der Waals surface area contributed by atoms with Crippen LogP contribution in [0.3, 0.4) is 0 Å². The minimum atomic E-state index is 0.819. The summed E-state index contributed by atoms with van der Waals surface area (Å²) in [6, 6.07) is 0. The lowest BCUT2D eigenvalue weighted by Gasteiger charge is -2.01. The molecular formula is C6H14N2. The Morgan fingerprint density at radius 3 is 2.38 bits per heavy atom. The molecule has 0 aromatic rings. The second-order valence-electron chi connectivity index (χ2n) is 1.31. The molecule has 1 aliphatic heterocycles. The molecule has 8 heavy (non-hydrogen) atoms. The second kappa shape index (κ2) is 6.63. The highest BCUT2D eigenvalue weighted by atomic mass is 15.0. The van der Waals surface area contributed by atoms with Crippen LogP contribution in [0.4, 0.5) is 0 Å². The fourth-order valence-corrected chi connectivity index (χ4v) is 0.466. The van der Waals surface area contributed by atoms with E-state index in [9.17, 15) is 0 Å². The highest BCUT2D eigenvalue weighted by molar-refractivity contribution is 5.57. The van der Waals surface area contributed by atoms with Crippen LogP contribution >= 0.6 is 0 Å². The van der Waals surface area contributed by atoms with Gasteiger partial charge in [0.2, 0.25) is 0 Å². The normalized spacial score (nSPS) is 16.8. The van der Waals surface area contributed by atoms with E-state index in [1.807, 2.05) is 20.1 Å². The number of nitrogens with zero attached hydrogens (tertiary/aromatic N) is 1. The minimum absolute atomic E-state index is 0.819. The van der Waals surface area contributed by atoms with Gasteiger partial charge in [0.25, 0.3) is 0 Å². The van der Waals surface area contributed by atoms with Crippen molar-refractivity contribution in [3.8, 4) is 0 Å². The monoisotopic (exact) mass is 114 g/mol. The van der Waals surface area contributed by atoms with E-state index in [1.165, 1.54) is 0 Å². The maximum atomic E-state index is 3.94. The van der Waals surface area contributed by atoms with Crippen molar-refractivity contribution >= 4 is 6.21 Å². The van der Waals surface area contributed by atoms with Crippen LogP contribution in [0, 0.1) is 0 Å². The summed E-state index contributed by atoms with van der Waals surface area (Å²) in [5.74, 6) is 0. The molecule has 0 amide bonds. The van der Waals surface area contributed by atoms with Gasteiger partial charge < -0.3 is 0 Å². The lowest BCUT2D eigenvalue weighted by atomic mass is 10.4. The molecule has 0 atom stereocenters. The molecule has 2 heteroatoms. The minimum Gasteiger partial charge on any atom is -0.298 e. The van der Waals surface area contributed by atoms with Crippen LogP contribution in [0.5, 0.6) is 0 Å². The van der Waals surface area contributed by atoms with Crippen molar-refractivity contribution in [3.63, 3.8) is 0 Å². The number of hydrogen-bond donors (Lipinski definition) is 1. The van der Waals surface area contributed by atoms with Crippen molar-refractivity contribution in [2.75, 3.05) is 13.2 Å². The van der Waals surface area contributed by atoms with Crippen LogP contribution < -0.4 is 5.32 Å². The number of hydrogen-bond acceptors (Lipinski definition) is 2. The summed E-state index contributed by atoms with van der Waals surface area (Å²) >= 11 is 0. The van der Waals surface area contributed by atoms with Crippen LogP contribution in [0.15, 0.2) is 4.99 Å². The third-order valence-corrected chi connectivity index (χ3v) is 0.782.